The van der Waals surface area contributed by atoms with Gasteiger partial charge >= 0.3 is 5.97 Å². The van der Waals surface area contributed by atoms with Crippen molar-refractivity contribution in [2.75, 3.05) is 0 Å². The zero-order valence-electron chi connectivity index (χ0n) is 6.74. The van der Waals surface area contributed by atoms with Crippen LogP contribution < -0.4 is 0 Å². The van der Waals surface area contributed by atoms with Gasteiger partial charge in [-0.25, -0.2) is 4.79 Å². The third kappa shape index (κ3) is 1.72. The van der Waals surface area contributed by atoms with Crippen LogP contribution in [0.3, 0.4) is 0 Å². The molecule has 0 aliphatic rings. The van der Waals surface area contributed by atoms with Crippen molar-refractivity contribution in [1.82, 2.24) is 0 Å². The smallest absolute Gasteiger partial charge is 0.336 e. The molecule has 1 aromatic carbocycles. The summed E-state index contributed by atoms with van der Waals surface area (Å²) in [5.74, 6) is -0.905. The highest BCUT2D eigenvalue weighted by molar-refractivity contribution is 5.91. The van der Waals surface area contributed by atoms with Crippen molar-refractivity contribution < 1.29 is 9.90 Å². The van der Waals surface area contributed by atoms with E-state index in [-0.39, 0.29) is 0 Å². The molecule has 0 bridgehead atoms. The molecule has 12 heavy (non-hydrogen) atoms. The van der Waals surface area contributed by atoms with Crippen LogP contribution in [0.15, 0.2) is 24.3 Å². The molecule has 0 fully saturated rings. The molecular weight excluding hydrogens is 152 g/mol. The summed E-state index contributed by atoms with van der Waals surface area (Å²) in [5.41, 5.74) is 0.999. The lowest BCUT2D eigenvalue weighted by molar-refractivity contribution is 0.0696. The predicted octanol–water partition coefficient (Wildman–Crippen LogP) is 2.22. The first-order valence-corrected chi connectivity index (χ1v) is 3.58. The van der Waals surface area contributed by atoms with Crippen LogP contribution in [0.2, 0.25) is 0 Å². The standard InChI is InChI=1S/C10H9O2/c1-2-5-8-6-3-4-7-9(8)10(11)12/h3-7H,1H3,(H,11,12). The lowest BCUT2D eigenvalue weighted by Gasteiger charge is -1.98. The maximum Gasteiger partial charge on any atom is 0.336 e. The molecule has 1 radical (unpaired) electrons. The van der Waals surface area contributed by atoms with Gasteiger partial charge in [0.2, 0.25) is 0 Å². The van der Waals surface area contributed by atoms with Crippen LogP contribution in [-0.4, -0.2) is 11.1 Å². The molecule has 0 heterocycles. The van der Waals surface area contributed by atoms with Gasteiger partial charge in [0.1, 0.15) is 0 Å². The van der Waals surface area contributed by atoms with E-state index in [4.69, 9.17) is 5.11 Å². The Morgan fingerprint density at radius 2 is 2.17 bits per heavy atom. The molecule has 2 heteroatoms. The van der Waals surface area contributed by atoms with Crippen molar-refractivity contribution >= 4 is 12.0 Å². The van der Waals surface area contributed by atoms with E-state index in [0.29, 0.717) is 11.1 Å². The second-order valence-electron chi connectivity index (χ2n) is 2.33. The molecule has 0 saturated heterocycles. The van der Waals surface area contributed by atoms with Crippen LogP contribution in [0.1, 0.15) is 22.8 Å². The zero-order chi connectivity index (χ0) is 8.97. The van der Waals surface area contributed by atoms with Crippen LogP contribution in [0.25, 0.3) is 6.08 Å². The summed E-state index contributed by atoms with van der Waals surface area (Å²) in [6, 6.07) is 6.83. The van der Waals surface area contributed by atoms with Crippen molar-refractivity contribution in [2.24, 2.45) is 0 Å². The average Bonchev–Trinajstić information content (AvgIpc) is 2.05. The van der Waals surface area contributed by atoms with Crippen molar-refractivity contribution in [1.29, 1.82) is 0 Å². The molecule has 0 spiro atoms. The molecule has 0 aliphatic carbocycles. The number of benzene rings is 1. The lowest BCUT2D eigenvalue weighted by atomic mass is 10.1. The summed E-state index contributed by atoms with van der Waals surface area (Å²) in [5, 5.41) is 8.74. The highest BCUT2D eigenvalue weighted by atomic mass is 16.4. The van der Waals surface area contributed by atoms with Gasteiger partial charge in [0.15, 0.2) is 0 Å². The largest absolute Gasteiger partial charge is 0.478 e. The second kappa shape index (κ2) is 3.72. The van der Waals surface area contributed by atoms with E-state index >= 15 is 0 Å². The first-order valence-electron chi connectivity index (χ1n) is 3.58. The Bertz CT molecular complexity index is 313. The quantitative estimate of drug-likeness (QED) is 0.722. The molecule has 0 saturated carbocycles. The molecule has 0 amide bonds. The molecule has 0 atom stereocenters. The summed E-state index contributed by atoms with van der Waals surface area (Å²) in [7, 11) is 0. The number of carboxylic acid groups (broad SMARTS) is 1. The summed E-state index contributed by atoms with van der Waals surface area (Å²) in [6.45, 7) is 1.73. The summed E-state index contributed by atoms with van der Waals surface area (Å²) >= 11 is 0. The third-order valence-electron chi connectivity index (χ3n) is 1.49. The first kappa shape index (κ1) is 8.53. The third-order valence-corrected chi connectivity index (χ3v) is 1.49. The van der Waals surface area contributed by atoms with Gasteiger partial charge in [-0.2, -0.15) is 0 Å². The maximum atomic E-state index is 10.6. The molecule has 1 aromatic rings. The zero-order valence-corrected chi connectivity index (χ0v) is 6.74. The molecule has 1 rings (SSSR count). The number of rotatable bonds is 2. The Morgan fingerprint density at radius 3 is 2.75 bits per heavy atom. The van der Waals surface area contributed by atoms with Crippen LogP contribution in [0, 0.1) is 6.08 Å². The lowest BCUT2D eigenvalue weighted by Crippen LogP contribution is -1.98. The number of carboxylic acids is 1. The van der Waals surface area contributed by atoms with Crippen LogP contribution in [0.5, 0.6) is 0 Å². The topological polar surface area (TPSA) is 37.3 Å². The van der Waals surface area contributed by atoms with Gasteiger partial charge in [-0.3, -0.25) is 0 Å². The van der Waals surface area contributed by atoms with Gasteiger partial charge < -0.3 is 5.11 Å². The summed E-state index contributed by atoms with van der Waals surface area (Å²) < 4.78 is 0. The van der Waals surface area contributed by atoms with E-state index in [1.165, 1.54) is 0 Å². The van der Waals surface area contributed by atoms with Crippen LogP contribution >= 0.6 is 0 Å². The molecular formula is C10H9O2. The van der Waals surface area contributed by atoms with E-state index < -0.39 is 5.97 Å². The molecule has 2 nitrogen and oxygen atoms in total. The van der Waals surface area contributed by atoms with E-state index in [0.717, 1.165) is 0 Å². The minimum Gasteiger partial charge on any atom is -0.478 e. The minimum atomic E-state index is -0.905. The molecule has 0 aliphatic heterocycles. The van der Waals surface area contributed by atoms with Gasteiger partial charge in [0.05, 0.1) is 5.56 Å². The number of hydrogen-bond donors (Lipinski definition) is 1. The fourth-order valence-electron chi connectivity index (χ4n) is 0.973. The van der Waals surface area contributed by atoms with E-state index in [9.17, 15) is 4.79 Å². The Hall–Kier alpha value is -1.57. The molecule has 0 aromatic heterocycles. The highest BCUT2D eigenvalue weighted by Gasteiger charge is 2.04. The molecule has 1 N–H and O–H groups in total. The number of carbonyl (C=O) groups is 1. The fourth-order valence-corrected chi connectivity index (χ4v) is 0.973. The first-order chi connectivity index (χ1) is 5.75. The molecule has 0 unspecified atom stereocenters. The minimum absolute atomic E-state index is 0.312. The van der Waals surface area contributed by atoms with Gasteiger partial charge in [-0.1, -0.05) is 24.3 Å². The Kier molecular flexibility index (Phi) is 2.64. The van der Waals surface area contributed by atoms with Gasteiger partial charge in [-0.05, 0) is 24.6 Å². The van der Waals surface area contributed by atoms with Crippen LogP contribution in [0.4, 0.5) is 0 Å². The summed E-state index contributed by atoms with van der Waals surface area (Å²) in [4.78, 5) is 10.6. The average molecular weight is 161 g/mol. The number of allylic oxidation sites excluding steroid dienone is 1. The van der Waals surface area contributed by atoms with Crippen molar-refractivity contribution in [3.63, 3.8) is 0 Å². The van der Waals surface area contributed by atoms with E-state index in [1.54, 1.807) is 37.3 Å². The van der Waals surface area contributed by atoms with Crippen molar-refractivity contribution in [2.45, 2.75) is 6.92 Å². The van der Waals surface area contributed by atoms with E-state index in [1.807, 2.05) is 0 Å². The normalized spacial score (nSPS) is 10.4. The Balaban J connectivity index is 3.17. The monoisotopic (exact) mass is 161 g/mol. The predicted molar refractivity (Wildman–Crippen MR) is 46.8 cm³/mol. The number of aromatic carboxylic acids is 1. The molecule has 61 valence electrons. The highest BCUT2D eigenvalue weighted by Crippen LogP contribution is 2.09. The Labute approximate surface area is 71.2 Å². The SMILES string of the molecule is C/[C]=C\c1ccccc1C(=O)O. The van der Waals surface area contributed by atoms with Gasteiger partial charge in [0.25, 0.3) is 0 Å². The van der Waals surface area contributed by atoms with Gasteiger partial charge in [-0.15, -0.1) is 0 Å². The second-order valence-corrected chi connectivity index (χ2v) is 2.33. The fraction of sp³-hybridized carbons (Fsp3) is 0.100. The van der Waals surface area contributed by atoms with Crippen molar-refractivity contribution in [3.8, 4) is 0 Å². The Morgan fingerprint density at radius 1 is 1.50 bits per heavy atom. The van der Waals surface area contributed by atoms with Gasteiger partial charge in [0, 0.05) is 0 Å². The van der Waals surface area contributed by atoms with Crippen LogP contribution in [-0.2, 0) is 0 Å². The van der Waals surface area contributed by atoms with E-state index in [2.05, 4.69) is 6.08 Å². The maximum absolute atomic E-state index is 10.6. The van der Waals surface area contributed by atoms with Crippen molar-refractivity contribution in [3.05, 3.63) is 41.5 Å². The number of hydrogen-bond acceptors (Lipinski definition) is 1. The summed E-state index contributed by atoms with van der Waals surface area (Å²) in [6.07, 6.45) is 4.45.